The van der Waals surface area contributed by atoms with Crippen LogP contribution >= 0.6 is 0 Å². The van der Waals surface area contributed by atoms with Crippen molar-refractivity contribution in [3.63, 3.8) is 0 Å². The Balaban J connectivity index is 1.45. The number of ether oxygens (including phenoxy) is 3. The highest BCUT2D eigenvalue weighted by Gasteiger charge is 2.13. The zero-order chi connectivity index (χ0) is 21.3. The fraction of sp³-hybridized carbons (Fsp3) is 0.409. The van der Waals surface area contributed by atoms with E-state index in [1.807, 2.05) is 36.4 Å². The van der Waals surface area contributed by atoms with Crippen LogP contribution in [0.1, 0.15) is 17.2 Å². The number of aliphatic hydroxyl groups is 1. The van der Waals surface area contributed by atoms with Crippen molar-refractivity contribution in [2.75, 3.05) is 52.0 Å². The topological polar surface area (TPSA) is 92.3 Å². The van der Waals surface area contributed by atoms with Gasteiger partial charge >= 0.3 is 6.03 Å². The summed E-state index contributed by atoms with van der Waals surface area (Å²) < 4.78 is 15.8. The maximum atomic E-state index is 12.1. The fourth-order valence-corrected chi connectivity index (χ4v) is 3.27. The second-order valence-electron chi connectivity index (χ2n) is 6.96. The largest absolute Gasteiger partial charge is 0.493 e. The van der Waals surface area contributed by atoms with Crippen LogP contribution in [0.4, 0.5) is 10.5 Å². The van der Waals surface area contributed by atoms with Crippen molar-refractivity contribution in [1.82, 2.24) is 10.6 Å². The van der Waals surface area contributed by atoms with Crippen molar-refractivity contribution in [3.8, 4) is 11.5 Å². The molecule has 0 spiro atoms. The lowest BCUT2D eigenvalue weighted by molar-refractivity contribution is 0.122. The summed E-state index contributed by atoms with van der Waals surface area (Å²) in [5.74, 6) is 1.24. The molecule has 1 heterocycles. The van der Waals surface area contributed by atoms with E-state index in [1.54, 1.807) is 20.3 Å². The molecule has 8 nitrogen and oxygen atoms in total. The van der Waals surface area contributed by atoms with Crippen LogP contribution in [0.25, 0.3) is 0 Å². The van der Waals surface area contributed by atoms with E-state index in [1.165, 1.54) is 0 Å². The van der Waals surface area contributed by atoms with Crippen molar-refractivity contribution < 1.29 is 24.1 Å². The summed E-state index contributed by atoms with van der Waals surface area (Å²) in [4.78, 5) is 14.3. The summed E-state index contributed by atoms with van der Waals surface area (Å²) in [6, 6.07) is 12.8. The Hall–Kier alpha value is -2.97. The molecule has 0 aromatic heterocycles. The molecule has 3 rings (SSSR count). The van der Waals surface area contributed by atoms with Gasteiger partial charge in [-0.3, -0.25) is 0 Å². The van der Waals surface area contributed by atoms with Crippen molar-refractivity contribution in [2.24, 2.45) is 0 Å². The van der Waals surface area contributed by atoms with Gasteiger partial charge in [-0.05, 0) is 35.4 Å². The van der Waals surface area contributed by atoms with Crippen molar-refractivity contribution >= 4 is 11.7 Å². The molecule has 0 aliphatic carbocycles. The quantitative estimate of drug-likeness (QED) is 0.611. The third-order valence-corrected chi connectivity index (χ3v) is 5.01. The molecule has 1 saturated heterocycles. The number of hydrogen-bond acceptors (Lipinski definition) is 6. The first-order valence-electron chi connectivity index (χ1n) is 9.94. The molecular weight excluding hydrogens is 386 g/mol. The molecule has 30 heavy (non-hydrogen) atoms. The molecule has 0 saturated carbocycles. The number of anilines is 1. The Kier molecular flexibility index (Phi) is 7.75. The standard InChI is InChI=1S/C22H29N3O5/c1-28-20-8-3-16(13-21(20)29-2)14-23-22(27)24-15-19(26)17-4-6-18(7-5-17)25-9-11-30-12-10-25/h3-8,13,19,26H,9-12,14-15H2,1-2H3,(H2,23,24,27). The van der Waals surface area contributed by atoms with Crippen LogP contribution in [0.3, 0.4) is 0 Å². The van der Waals surface area contributed by atoms with Crippen molar-refractivity contribution in [3.05, 3.63) is 53.6 Å². The predicted molar refractivity (Wildman–Crippen MR) is 114 cm³/mol. The summed E-state index contributed by atoms with van der Waals surface area (Å²) in [7, 11) is 3.14. The molecule has 2 aromatic carbocycles. The lowest BCUT2D eigenvalue weighted by Crippen LogP contribution is -2.37. The first-order valence-corrected chi connectivity index (χ1v) is 9.94. The Morgan fingerprint density at radius 1 is 1.07 bits per heavy atom. The number of aliphatic hydroxyl groups excluding tert-OH is 1. The Bertz CT molecular complexity index is 822. The van der Waals surface area contributed by atoms with E-state index < -0.39 is 6.10 Å². The van der Waals surface area contributed by atoms with Gasteiger partial charge < -0.3 is 34.9 Å². The number of nitrogens with zero attached hydrogens (tertiary/aromatic N) is 1. The molecule has 1 fully saturated rings. The van der Waals surface area contributed by atoms with Gasteiger partial charge in [-0.2, -0.15) is 0 Å². The van der Waals surface area contributed by atoms with Gasteiger partial charge in [0.2, 0.25) is 0 Å². The summed E-state index contributed by atoms with van der Waals surface area (Å²) in [5.41, 5.74) is 2.74. The van der Waals surface area contributed by atoms with Crippen LogP contribution in [0.15, 0.2) is 42.5 Å². The minimum absolute atomic E-state index is 0.120. The molecule has 0 bridgehead atoms. The lowest BCUT2D eigenvalue weighted by atomic mass is 10.1. The van der Waals surface area contributed by atoms with E-state index in [4.69, 9.17) is 14.2 Å². The zero-order valence-corrected chi connectivity index (χ0v) is 17.4. The number of carbonyl (C=O) groups excluding carboxylic acids is 1. The minimum atomic E-state index is -0.782. The van der Waals surface area contributed by atoms with Gasteiger partial charge in [0.15, 0.2) is 11.5 Å². The number of hydrogen-bond donors (Lipinski definition) is 3. The molecule has 0 radical (unpaired) electrons. The summed E-state index contributed by atoms with van der Waals surface area (Å²) in [6.07, 6.45) is -0.782. The normalized spacial score (nSPS) is 14.7. The zero-order valence-electron chi connectivity index (χ0n) is 17.4. The first kappa shape index (κ1) is 21.7. The van der Waals surface area contributed by atoms with E-state index >= 15 is 0 Å². The lowest BCUT2D eigenvalue weighted by Gasteiger charge is -2.29. The van der Waals surface area contributed by atoms with Gasteiger partial charge in [0.1, 0.15) is 0 Å². The number of urea groups is 1. The van der Waals surface area contributed by atoms with Gasteiger partial charge in [0.25, 0.3) is 0 Å². The van der Waals surface area contributed by atoms with E-state index in [0.29, 0.717) is 18.0 Å². The first-order chi connectivity index (χ1) is 14.6. The van der Waals surface area contributed by atoms with Gasteiger partial charge in [0.05, 0.1) is 33.5 Å². The number of rotatable bonds is 8. The maximum Gasteiger partial charge on any atom is 0.315 e. The predicted octanol–water partition coefficient (Wildman–Crippen LogP) is 2.07. The van der Waals surface area contributed by atoms with Gasteiger partial charge in [-0.1, -0.05) is 18.2 Å². The summed E-state index contributed by atoms with van der Waals surface area (Å²) >= 11 is 0. The van der Waals surface area contributed by atoms with Crippen molar-refractivity contribution in [2.45, 2.75) is 12.6 Å². The van der Waals surface area contributed by atoms with Crippen LogP contribution < -0.4 is 25.0 Å². The summed E-state index contributed by atoms with van der Waals surface area (Å²) in [5, 5.41) is 15.8. The number of morpholine rings is 1. The van der Waals surface area contributed by atoms with Crippen LogP contribution in [0.5, 0.6) is 11.5 Å². The number of amides is 2. The van der Waals surface area contributed by atoms with E-state index in [2.05, 4.69) is 15.5 Å². The average Bonchev–Trinajstić information content (AvgIpc) is 2.81. The minimum Gasteiger partial charge on any atom is -0.493 e. The van der Waals surface area contributed by atoms with E-state index in [-0.39, 0.29) is 12.6 Å². The molecule has 1 aliphatic rings. The number of benzene rings is 2. The Morgan fingerprint density at radius 3 is 2.43 bits per heavy atom. The van der Waals surface area contributed by atoms with Crippen LogP contribution in [0.2, 0.25) is 0 Å². The molecule has 3 N–H and O–H groups in total. The van der Waals surface area contributed by atoms with E-state index in [9.17, 15) is 9.90 Å². The summed E-state index contributed by atoms with van der Waals surface area (Å²) in [6.45, 7) is 3.64. The molecule has 1 unspecified atom stereocenters. The highest BCUT2D eigenvalue weighted by Crippen LogP contribution is 2.27. The van der Waals surface area contributed by atoms with Crippen LogP contribution in [-0.4, -0.2) is 58.2 Å². The van der Waals surface area contributed by atoms with Crippen LogP contribution in [0, 0.1) is 0 Å². The average molecular weight is 415 g/mol. The maximum absolute atomic E-state index is 12.1. The van der Waals surface area contributed by atoms with Crippen molar-refractivity contribution in [1.29, 1.82) is 0 Å². The molecule has 1 aliphatic heterocycles. The number of carbonyl (C=O) groups is 1. The third-order valence-electron chi connectivity index (χ3n) is 5.01. The molecule has 2 amide bonds. The Morgan fingerprint density at radius 2 is 1.77 bits per heavy atom. The fourth-order valence-electron chi connectivity index (χ4n) is 3.27. The molecule has 162 valence electrons. The smallest absolute Gasteiger partial charge is 0.315 e. The molecule has 1 atom stereocenters. The highest BCUT2D eigenvalue weighted by molar-refractivity contribution is 5.73. The van der Waals surface area contributed by atoms with Gasteiger partial charge in [-0.15, -0.1) is 0 Å². The molecular formula is C22H29N3O5. The number of nitrogens with one attached hydrogen (secondary N) is 2. The second kappa shape index (κ2) is 10.7. The molecule has 8 heteroatoms. The number of methoxy groups -OCH3 is 2. The highest BCUT2D eigenvalue weighted by atomic mass is 16.5. The van der Waals surface area contributed by atoms with Gasteiger partial charge in [0, 0.05) is 31.9 Å². The monoisotopic (exact) mass is 415 g/mol. The SMILES string of the molecule is COc1ccc(CNC(=O)NCC(O)c2ccc(N3CCOCC3)cc2)cc1OC. The van der Waals surface area contributed by atoms with Crippen LogP contribution in [-0.2, 0) is 11.3 Å². The third kappa shape index (κ3) is 5.77. The van der Waals surface area contributed by atoms with Gasteiger partial charge in [-0.25, -0.2) is 4.79 Å². The molecule has 2 aromatic rings. The van der Waals surface area contributed by atoms with E-state index in [0.717, 1.165) is 43.1 Å². The Labute approximate surface area is 176 Å². The second-order valence-corrected chi connectivity index (χ2v) is 6.96.